The number of ether oxygens (including phenoxy) is 2. The van der Waals surface area contributed by atoms with Crippen LogP contribution in [0, 0.1) is 5.92 Å². The van der Waals surface area contributed by atoms with E-state index in [-0.39, 0.29) is 0 Å². The molecule has 0 aliphatic rings. The van der Waals surface area contributed by atoms with E-state index in [1.165, 1.54) is 0 Å². The third kappa shape index (κ3) is 5.59. The first kappa shape index (κ1) is 13.8. The van der Waals surface area contributed by atoms with E-state index in [1.807, 2.05) is 31.2 Å². The first-order valence-corrected chi connectivity index (χ1v) is 6.32. The van der Waals surface area contributed by atoms with Crippen molar-refractivity contribution in [3.63, 3.8) is 0 Å². The first-order valence-electron chi connectivity index (χ1n) is 6.32. The summed E-state index contributed by atoms with van der Waals surface area (Å²) < 4.78 is 11.1. The van der Waals surface area contributed by atoms with Gasteiger partial charge in [0.1, 0.15) is 11.5 Å². The molecule has 1 unspecified atom stereocenters. The predicted octanol–water partition coefficient (Wildman–Crippen LogP) is 2.71. The lowest BCUT2D eigenvalue weighted by Gasteiger charge is -2.13. The summed E-state index contributed by atoms with van der Waals surface area (Å²) >= 11 is 0. The molecule has 96 valence electrons. The van der Waals surface area contributed by atoms with E-state index in [1.54, 1.807) is 0 Å². The minimum absolute atomic E-state index is 0.515. The second-order valence-corrected chi connectivity index (χ2v) is 4.13. The van der Waals surface area contributed by atoms with Crippen LogP contribution in [0.5, 0.6) is 11.5 Å². The Labute approximate surface area is 104 Å². The molecular weight excluding hydrogens is 214 g/mol. The van der Waals surface area contributed by atoms with E-state index >= 15 is 0 Å². The minimum atomic E-state index is 0.515. The highest BCUT2D eigenvalue weighted by Crippen LogP contribution is 2.17. The highest BCUT2D eigenvalue weighted by Gasteiger charge is 2.02. The summed E-state index contributed by atoms with van der Waals surface area (Å²) in [5, 5.41) is 3.31. The van der Waals surface area contributed by atoms with E-state index in [4.69, 9.17) is 9.47 Å². The van der Waals surface area contributed by atoms with Gasteiger partial charge in [-0.1, -0.05) is 13.8 Å². The van der Waals surface area contributed by atoms with Gasteiger partial charge in [-0.25, -0.2) is 0 Å². The molecule has 1 rings (SSSR count). The van der Waals surface area contributed by atoms with Gasteiger partial charge < -0.3 is 14.8 Å². The predicted molar refractivity (Wildman–Crippen MR) is 70.8 cm³/mol. The van der Waals surface area contributed by atoms with Crippen molar-refractivity contribution in [1.82, 2.24) is 5.32 Å². The van der Waals surface area contributed by atoms with Gasteiger partial charge in [0, 0.05) is 12.5 Å². The average molecular weight is 237 g/mol. The van der Waals surface area contributed by atoms with Crippen LogP contribution in [-0.2, 0) is 0 Å². The van der Waals surface area contributed by atoms with Crippen LogP contribution in [0.3, 0.4) is 0 Å². The highest BCUT2D eigenvalue weighted by atomic mass is 16.5. The summed E-state index contributed by atoms with van der Waals surface area (Å²) in [4.78, 5) is 0. The molecule has 0 aliphatic heterocycles. The van der Waals surface area contributed by atoms with Gasteiger partial charge in [0.2, 0.25) is 0 Å². The van der Waals surface area contributed by atoms with Crippen molar-refractivity contribution in [2.45, 2.75) is 20.8 Å². The van der Waals surface area contributed by atoms with Crippen LogP contribution in [0.15, 0.2) is 24.3 Å². The molecule has 1 atom stereocenters. The van der Waals surface area contributed by atoms with Crippen LogP contribution >= 0.6 is 0 Å². The van der Waals surface area contributed by atoms with E-state index in [0.717, 1.165) is 31.2 Å². The monoisotopic (exact) mass is 237 g/mol. The minimum Gasteiger partial charge on any atom is -0.494 e. The third-order valence-corrected chi connectivity index (χ3v) is 2.41. The second kappa shape index (κ2) is 7.96. The molecule has 0 saturated carbocycles. The Morgan fingerprint density at radius 2 is 1.65 bits per heavy atom. The number of nitrogens with one attached hydrogen (secondary N) is 1. The van der Waals surface area contributed by atoms with E-state index < -0.39 is 0 Å². The van der Waals surface area contributed by atoms with Crippen LogP contribution in [0.25, 0.3) is 0 Å². The normalized spacial score (nSPS) is 12.2. The maximum Gasteiger partial charge on any atom is 0.119 e. The molecular formula is C14H23NO2. The Morgan fingerprint density at radius 1 is 1.06 bits per heavy atom. The third-order valence-electron chi connectivity index (χ3n) is 2.41. The molecule has 0 heterocycles. The van der Waals surface area contributed by atoms with Gasteiger partial charge in [-0.2, -0.15) is 0 Å². The Morgan fingerprint density at radius 3 is 2.18 bits per heavy atom. The zero-order valence-corrected chi connectivity index (χ0v) is 11.0. The zero-order chi connectivity index (χ0) is 12.5. The fraction of sp³-hybridized carbons (Fsp3) is 0.571. The van der Waals surface area contributed by atoms with Crippen LogP contribution in [0.4, 0.5) is 0 Å². The van der Waals surface area contributed by atoms with Crippen LogP contribution in [-0.4, -0.2) is 26.3 Å². The van der Waals surface area contributed by atoms with Crippen LogP contribution < -0.4 is 14.8 Å². The Balaban J connectivity index is 2.31. The van der Waals surface area contributed by atoms with Gasteiger partial charge in [-0.05, 0) is 37.7 Å². The summed E-state index contributed by atoms with van der Waals surface area (Å²) in [6.07, 6.45) is 0. The molecule has 0 bridgehead atoms. The quantitative estimate of drug-likeness (QED) is 0.754. The van der Waals surface area contributed by atoms with Gasteiger partial charge >= 0.3 is 0 Å². The lowest BCUT2D eigenvalue weighted by molar-refractivity contribution is 0.256. The van der Waals surface area contributed by atoms with Gasteiger partial charge in [0.25, 0.3) is 0 Å². The molecule has 1 aromatic rings. The molecule has 1 N–H and O–H groups in total. The number of hydrogen-bond acceptors (Lipinski definition) is 3. The van der Waals surface area contributed by atoms with E-state index in [0.29, 0.717) is 12.5 Å². The molecule has 3 heteroatoms. The van der Waals surface area contributed by atoms with Crippen molar-refractivity contribution in [2.24, 2.45) is 5.92 Å². The zero-order valence-electron chi connectivity index (χ0n) is 11.0. The lowest BCUT2D eigenvalue weighted by atomic mass is 10.2. The largest absolute Gasteiger partial charge is 0.494 e. The van der Waals surface area contributed by atoms with E-state index in [9.17, 15) is 0 Å². The first-order chi connectivity index (χ1) is 8.26. The fourth-order valence-electron chi connectivity index (χ4n) is 1.49. The summed E-state index contributed by atoms with van der Waals surface area (Å²) in [5.41, 5.74) is 0. The topological polar surface area (TPSA) is 30.5 Å². The Hall–Kier alpha value is -1.22. The Kier molecular flexibility index (Phi) is 6.48. The number of hydrogen-bond donors (Lipinski definition) is 1. The molecule has 0 saturated heterocycles. The molecule has 17 heavy (non-hydrogen) atoms. The SMILES string of the molecule is CCNCC(C)COc1ccc(OCC)cc1. The second-order valence-electron chi connectivity index (χ2n) is 4.13. The van der Waals surface area contributed by atoms with E-state index in [2.05, 4.69) is 19.2 Å². The average Bonchev–Trinajstić information content (AvgIpc) is 2.36. The van der Waals surface area contributed by atoms with Gasteiger partial charge in [0.05, 0.1) is 13.2 Å². The summed E-state index contributed by atoms with van der Waals surface area (Å²) in [7, 11) is 0. The van der Waals surface area contributed by atoms with Crippen molar-refractivity contribution in [1.29, 1.82) is 0 Å². The van der Waals surface area contributed by atoms with Crippen molar-refractivity contribution in [2.75, 3.05) is 26.3 Å². The number of rotatable bonds is 8. The number of benzene rings is 1. The summed E-state index contributed by atoms with van der Waals surface area (Å²) in [5.74, 6) is 2.30. The Bertz CT molecular complexity index is 298. The molecule has 3 nitrogen and oxygen atoms in total. The molecule has 0 fully saturated rings. The standard InChI is InChI=1S/C14H23NO2/c1-4-15-10-12(3)11-17-14-8-6-13(7-9-14)16-5-2/h6-9,12,15H,4-5,10-11H2,1-3H3. The van der Waals surface area contributed by atoms with Crippen LogP contribution in [0.1, 0.15) is 20.8 Å². The highest BCUT2D eigenvalue weighted by molar-refractivity contribution is 5.31. The lowest BCUT2D eigenvalue weighted by Crippen LogP contribution is -2.24. The van der Waals surface area contributed by atoms with Gasteiger partial charge in [-0.15, -0.1) is 0 Å². The van der Waals surface area contributed by atoms with Crippen LogP contribution in [0.2, 0.25) is 0 Å². The molecule has 0 aromatic heterocycles. The summed E-state index contributed by atoms with van der Waals surface area (Å²) in [6.45, 7) is 9.70. The van der Waals surface area contributed by atoms with Crippen molar-refractivity contribution in [3.8, 4) is 11.5 Å². The van der Waals surface area contributed by atoms with Crippen molar-refractivity contribution in [3.05, 3.63) is 24.3 Å². The van der Waals surface area contributed by atoms with Crippen molar-refractivity contribution < 1.29 is 9.47 Å². The molecule has 0 spiro atoms. The van der Waals surface area contributed by atoms with Crippen molar-refractivity contribution >= 4 is 0 Å². The fourth-order valence-corrected chi connectivity index (χ4v) is 1.49. The molecule has 0 amide bonds. The molecule has 0 radical (unpaired) electrons. The maximum absolute atomic E-state index is 5.70. The molecule has 1 aromatic carbocycles. The molecule has 0 aliphatic carbocycles. The van der Waals surface area contributed by atoms with Gasteiger partial charge in [-0.3, -0.25) is 0 Å². The summed E-state index contributed by atoms with van der Waals surface area (Å²) in [6, 6.07) is 7.78. The maximum atomic E-state index is 5.70. The van der Waals surface area contributed by atoms with Gasteiger partial charge in [0.15, 0.2) is 0 Å². The smallest absolute Gasteiger partial charge is 0.119 e.